The Balaban J connectivity index is 1.40. The van der Waals surface area contributed by atoms with E-state index >= 15 is 0 Å². The van der Waals surface area contributed by atoms with E-state index in [0.717, 1.165) is 5.56 Å². The maximum atomic E-state index is 13.7. The van der Waals surface area contributed by atoms with Crippen molar-refractivity contribution in [3.05, 3.63) is 101 Å². The lowest BCUT2D eigenvalue weighted by Crippen LogP contribution is -2.54. The van der Waals surface area contributed by atoms with Crippen LogP contribution in [0.1, 0.15) is 64.0 Å². The van der Waals surface area contributed by atoms with Gasteiger partial charge in [-0.1, -0.05) is 30.3 Å². The first-order valence-corrected chi connectivity index (χ1v) is 18.1. The van der Waals surface area contributed by atoms with Crippen LogP contribution in [0.25, 0.3) is 0 Å². The van der Waals surface area contributed by atoms with E-state index in [1.165, 1.54) is 25.3 Å². The van der Waals surface area contributed by atoms with Crippen LogP contribution < -0.4 is 35.5 Å². The second kappa shape index (κ2) is 19.1. The third kappa shape index (κ3) is 11.1. The number of hydrogen-bond acceptors (Lipinski definition) is 9. The van der Waals surface area contributed by atoms with Crippen molar-refractivity contribution >= 4 is 29.5 Å². The molecule has 290 valence electrons. The lowest BCUT2D eigenvalue weighted by Gasteiger charge is -2.25. The van der Waals surface area contributed by atoms with Gasteiger partial charge in [0.15, 0.2) is 11.5 Å². The number of H-pyrrole nitrogens is 1. The molecule has 5 amide bonds. The van der Waals surface area contributed by atoms with Gasteiger partial charge in [0.2, 0.25) is 17.7 Å². The summed E-state index contributed by atoms with van der Waals surface area (Å²) in [7, 11) is 2.99. The number of aromatic amines is 1. The van der Waals surface area contributed by atoms with E-state index in [0.29, 0.717) is 65.8 Å². The molecule has 1 aromatic heterocycles. The highest BCUT2D eigenvalue weighted by atomic mass is 16.5. The van der Waals surface area contributed by atoms with Gasteiger partial charge in [-0.2, -0.15) is 0 Å². The van der Waals surface area contributed by atoms with Crippen molar-refractivity contribution in [3.63, 3.8) is 0 Å². The summed E-state index contributed by atoms with van der Waals surface area (Å²) in [6, 6.07) is 17.5. The van der Waals surface area contributed by atoms with E-state index in [9.17, 15) is 24.0 Å². The molecule has 0 aliphatic carbocycles. The third-order valence-electron chi connectivity index (χ3n) is 9.03. The van der Waals surface area contributed by atoms with Gasteiger partial charge in [-0.15, -0.1) is 0 Å². The van der Waals surface area contributed by atoms with Crippen LogP contribution in [-0.4, -0.2) is 90.3 Å². The second-order valence-corrected chi connectivity index (χ2v) is 13.1. The number of aryl methyl sites for hydroxylation is 2. The van der Waals surface area contributed by atoms with Gasteiger partial charge < -0.3 is 45.4 Å². The molecule has 0 saturated carbocycles. The normalized spacial score (nSPS) is 17.7. The van der Waals surface area contributed by atoms with Gasteiger partial charge in [0.05, 0.1) is 27.0 Å². The van der Waals surface area contributed by atoms with E-state index in [2.05, 4.69) is 31.2 Å². The van der Waals surface area contributed by atoms with Gasteiger partial charge in [-0.05, 0) is 75.4 Å². The van der Waals surface area contributed by atoms with Crippen LogP contribution in [0.3, 0.4) is 0 Å². The van der Waals surface area contributed by atoms with Crippen LogP contribution >= 0.6 is 0 Å². The summed E-state index contributed by atoms with van der Waals surface area (Å²) in [6.45, 7) is 3.48. The number of carbonyl (C=O) groups excluding carboxylic acids is 5. The van der Waals surface area contributed by atoms with E-state index in [-0.39, 0.29) is 37.7 Å². The molecule has 4 bridgehead atoms. The fourth-order valence-electron chi connectivity index (χ4n) is 6.00. The van der Waals surface area contributed by atoms with Gasteiger partial charge in [0.25, 0.3) is 11.8 Å². The lowest BCUT2D eigenvalue weighted by molar-refractivity contribution is -0.132. The number of carbonyl (C=O) groups is 5. The number of nitrogens with one attached hydrogen (secondary N) is 5. The van der Waals surface area contributed by atoms with Gasteiger partial charge in [-0.3, -0.25) is 24.0 Å². The van der Waals surface area contributed by atoms with Crippen LogP contribution in [0.2, 0.25) is 0 Å². The van der Waals surface area contributed by atoms with Crippen LogP contribution in [0.5, 0.6) is 23.0 Å². The fourth-order valence-corrected chi connectivity index (χ4v) is 6.00. The Kier molecular flexibility index (Phi) is 13.8. The van der Waals surface area contributed by atoms with Crippen molar-refractivity contribution in [2.45, 2.75) is 58.2 Å². The number of benzene rings is 3. The summed E-state index contributed by atoms with van der Waals surface area (Å²) in [4.78, 5) is 75.6. The van der Waals surface area contributed by atoms with Gasteiger partial charge in [-0.25, -0.2) is 4.98 Å². The smallest absolute Gasteiger partial charge is 0.272 e. The maximum Gasteiger partial charge on any atom is 0.272 e. The zero-order chi connectivity index (χ0) is 39.3. The molecule has 3 aromatic carbocycles. The van der Waals surface area contributed by atoms with Crippen molar-refractivity contribution in [2.75, 3.05) is 33.9 Å². The molecule has 2 aliphatic rings. The molecular weight excluding hydrogens is 706 g/mol. The van der Waals surface area contributed by atoms with Gasteiger partial charge in [0, 0.05) is 36.8 Å². The average molecular weight is 754 g/mol. The van der Waals surface area contributed by atoms with Crippen molar-refractivity contribution in [2.24, 2.45) is 0 Å². The Bertz CT molecular complexity index is 1980. The zero-order valence-corrected chi connectivity index (χ0v) is 31.4. The van der Waals surface area contributed by atoms with E-state index < -0.39 is 35.7 Å². The van der Waals surface area contributed by atoms with Crippen LogP contribution in [-0.2, 0) is 27.3 Å². The summed E-state index contributed by atoms with van der Waals surface area (Å²) in [6.07, 6.45) is 3.06. The summed E-state index contributed by atoms with van der Waals surface area (Å²) in [5.41, 5.74) is 2.16. The molecule has 3 heterocycles. The summed E-state index contributed by atoms with van der Waals surface area (Å²) < 4.78 is 17.2. The van der Waals surface area contributed by atoms with Crippen molar-refractivity contribution < 1.29 is 38.2 Å². The molecule has 2 atom stereocenters. The number of aromatic nitrogens is 2. The first-order valence-electron chi connectivity index (χ1n) is 18.1. The number of fused-ring (bicyclic) bond motifs is 18. The molecule has 0 fully saturated rings. The van der Waals surface area contributed by atoms with E-state index in [1.54, 1.807) is 50.2 Å². The number of nitrogens with zero attached hydrogens (tertiary/aromatic N) is 2. The highest BCUT2D eigenvalue weighted by Crippen LogP contribution is 2.35. The number of imidazole rings is 1. The Morgan fingerprint density at radius 2 is 1.69 bits per heavy atom. The number of hydrogen-bond donors (Lipinski definition) is 5. The van der Waals surface area contributed by atoms with Crippen molar-refractivity contribution in [1.29, 1.82) is 0 Å². The highest BCUT2D eigenvalue weighted by molar-refractivity contribution is 5.96. The Labute approximate surface area is 319 Å². The predicted octanol–water partition coefficient (Wildman–Crippen LogP) is 3.43. The maximum absolute atomic E-state index is 13.7. The molecule has 6 rings (SSSR count). The Morgan fingerprint density at radius 1 is 0.909 bits per heavy atom. The minimum Gasteiger partial charge on any atom is -0.496 e. The monoisotopic (exact) mass is 753 g/mol. The number of methoxy groups -OCH3 is 2. The topological polar surface area (TPSA) is 193 Å². The highest BCUT2D eigenvalue weighted by Gasteiger charge is 2.27. The molecule has 0 radical (unpaired) electrons. The van der Waals surface area contributed by atoms with Crippen LogP contribution in [0, 0.1) is 6.92 Å². The molecule has 2 aliphatic heterocycles. The van der Waals surface area contributed by atoms with Crippen LogP contribution in [0.15, 0.2) is 72.9 Å². The molecule has 0 saturated heterocycles. The van der Waals surface area contributed by atoms with Gasteiger partial charge >= 0.3 is 0 Å². The Hall–Kier alpha value is -6.38. The molecule has 5 N–H and O–H groups in total. The molecular formula is C40H47N7O8. The number of rotatable bonds is 6. The summed E-state index contributed by atoms with van der Waals surface area (Å²) in [5.74, 6) is -0.248. The van der Waals surface area contributed by atoms with Crippen molar-refractivity contribution in [1.82, 2.24) is 36.1 Å². The molecule has 0 spiro atoms. The summed E-state index contributed by atoms with van der Waals surface area (Å²) >= 11 is 0. The third-order valence-corrected chi connectivity index (χ3v) is 9.03. The number of ether oxygens (including phenoxy) is 3. The van der Waals surface area contributed by atoms with E-state index in [1.807, 2.05) is 30.3 Å². The van der Waals surface area contributed by atoms with Gasteiger partial charge in [0.1, 0.15) is 35.1 Å². The molecule has 15 nitrogen and oxygen atoms in total. The SMILES string of the molecule is COc1cc2ccc1CNC(=O)[C@H](C)NC(=O)[C@H](CCc1ccccc1)NC(=O)CN(C(=O)c1cnc(C)[nH]1)CCCCNC(=O)c1ccc(OC)c(c1)O2. The minimum absolute atomic E-state index is 0.0787. The average Bonchev–Trinajstić information content (AvgIpc) is 3.63. The number of amides is 5. The second-order valence-electron chi connectivity index (χ2n) is 13.1. The molecule has 4 aromatic rings. The standard InChI is InChI=1S/C40H47N7O8/c1-25-37(49)43-22-29-13-15-30(21-34(29)54-4)55-35-20-28(14-17-33(35)53-3)38(50)41-18-8-9-19-47(40(52)32-23-42-26(2)45-32)24-36(48)46-31(39(51)44-25)16-12-27-10-6-5-7-11-27/h5-7,10-11,13-15,17,20-21,23,25,31H,8-9,12,16,18-19,22,24H2,1-4H3,(H,41,50)(H,42,45)(H,43,49)(H,44,51)(H,46,48)/t25-,31-/m0/s1. The Morgan fingerprint density at radius 3 is 2.42 bits per heavy atom. The van der Waals surface area contributed by atoms with Crippen LogP contribution in [0.4, 0.5) is 0 Å². The zero-order valence-electron chi connectivity index (χ0n) is 31.4. The largest absolute Gasteiger partial charge is 0.496 e. The molecule has 55 heavy (non-hydrogen) atoms. The quantitative estimate of drug-likeness (QED) is 0.184. The minimum atomic E-state index is -1.01. The lowest BCUT2D eigenvalue weighted by atomic mass is 10.0. The predicted molar refractivity (Wildman–Crippen MR) is 203 cm³/mol. The molecule has 15 heteroatoms. The summed E-state index contributed by atoms with van der Waals surface area (Å²) in [5, 5.41) is 11.3. The fraction of sp³-hybridized carbons (Fsp3) is 0.350. The van der Waals surface area contributed by atoms with E-state index in [4.69, 9.17) is 14.2 Å². The first kappa shape index (κ1) is 39.8. The van der Waals surface area contributed by atoms with Crippen molar-refractivity contribution in [3.8, 4) is 23.0 Å². The molecule has 0 unspecified atom stereocenters. The first-order chi connectivity index (χ1) is 26.5.